The van der Waals surface area contributed by atoms with Crippen LogP contribution in [0.3, 0.4) is 0 Å². The zero-order valence-corrected chi connectivity index (χ0v) is 14.7. The molecule has 0 aliphatic carbocycles. The first-order valence-corrected chi connectivity index (χ1v) is 8.10. The number of benzene rings is 2. The molecule has 25 heavy (non-hydrogen) atoms. The number of aliphatic hydroxyl groups is 1. The van der Waals surface area contributed by atoms with Gasteiger partial charge in [-0.3, -0.25) is 0 Å². The SMILES string of the molecule is CC.CC(C)(O)c1oc(=O)c2ccccc2c1-c1ccc(O)c(O)c1. The molecule has 0 saturated heterocycles. The second kappa shape index (κ2) is 6.99. The Labute approximate surface area is 145 Å². The number of phenolic OH excluding ortho intramolecular Hbond substituents is 2. The Morgan fingerprint density at radius 2 is 1.52 bits per heavy atom. The van der Waals surface area contributed by atoms with E-state index in [9.17, 15) is 20.1 Å². The highest BCUT2D eigenvalue weighted by molar-refractivity contribution is 5.97. The minimum absolute atomic E-state index is 0.103. The highest BCUT2D eigenvalue weighted by Crippen LogP contribution is 2.39. The molecule has 2 aromatic carbocycles. The number of fused-ring (bicyclic) bond motifs is 1. The van der Waals surface area contributed by atoms with Crippen LogP contribution >= 0.6 is 0 Å². The van der Waals surface area contributed by atoms with E-state index in [1.54, 1.807) is 30.3 Å². The summed E-state index contributed by atoms with van der Waals surface area (Å²) >= 11 is 0. The van der Waals surface area contributed by atoms with Gasteiger partial charge in [0.2, 0.25) is 0 Å². The van der Waals surface area contributed by atoms with E-state index in [1.165, 1.54) is 26.0 Å². The van der Waals surface area contributed by atoms with Gasteiger partial charge in [-0.15, -0.1) is 0 Å². The van der Waals surface area contributed by atoms with E-state index in [4.69, 9.17) is 4.42 Å². The summed E-state index contributed by atoms with van der Waals surface area (Å²) in [7, 11) is 0. The lowest BCUT2D eigenvalue weighted by atomic mass is 9.92. The molecule has 132 valence electrons. The second-order valence-electron chi connectivity index (χ2n) is 5.90. The molecule has 0 fully saturated rings. The van der Waals surface area contributed by atoms with E-state index in [-0.39, 0.29) is 17.3 Å². The molecular formula is C20H22O5. The monoisotopic (exact) mass is 342 g/mol. The van der Waals surface area contributed by atoms with Gasteiger partial charge in [0, 0.05) is 10.9 Å². The Hall–Kier alpha value is -2.79. The van der Waals surface area contributed by atoms with E-state index < -0.39 is 11.2 Å². The van der Waals surface area contributed by atoms with Crippen LogP contribution in [-0.4, -0.2) is 15.3 Å². The van der Waals surface area contributed by atoms with Gasteiger partial charge in [0.1, 0.15) is 11.4 Å². The van der Waals surface area contributed by atoms with Crippen molar-refractivity contribution in [1.29, 1.82) is 0 Å². The molecule has 0 unspecified atom stereocenters. The topological polar surface area (TPSA) is 90.9 Å². The summed E-state index contributed by atoms with van der Waals surface area (Å²) in [6.07, 6.45) is 0. The Balaban J connectivity index is 0.00000109. The molecular weight excluding hydrogens is 320 g/mol. The van der Waals surface area contributed by atoms with Crippen LogP contribution in [0, 0.1) is 0 Å². The first-order valence-electron chi connectivity index (χ1n) is 8.10. The van der Waals surface area contributed by atoms with Crippen molar-refractivity contribution in [1.82, 2.24) is 0 Å². The number of hydrogen-bond acceptors (Lipinski definition) is 5. The molecule has 0 spiro atoms. The van der Waals surface area contributed by atoms with Crippen LogP contribution < -0.4 is 5.63 Å². The highest BCUT2D eigenvalue weighted by Gasteiger charge is 2.27. The molecule has 1 heterocycles. The summed E-state index contributed by atoms with van der Waals surface area (Å²) in [5.74, 6) is -0.439. The molecule has 0 bridgehead atoms. The van der Waals surface area contributed by atoms with E-state index >= 15 is 0 Å². The van der Waals surface area contributed by atoms with Crippen LogP contribution in [0.4, 0.5) is 0 Å². The summed E-state index contributed by atoms with van der Waals surface area (Å²) in [5.41, 5.74) is -0.906. The lowest BCUT2D eigenvalue weighted by molar-refractivity contribution is 0.0521. The van der Waals surface area contributed by atoms with Gasteiger partial charge < -0.3 is 19.7 Å². The van der Waals surface area contributed by atoms with Crippen molar-refractivity contribution in [2.75, 3.05) is 0 Å². The molecule has 5 nitrogen and oxygen atoms in total. The highest BCUT2D eigenvalue weighted by atomic mass is 16.4. The molecule has 0 amide bonds. The summed E-state index contributed by atoms with van der Waals surface area (Å²) in [6.45, 7) is 7.04. The zero-order valence-electron chi connectivity index (χ0n) is 14.7. The first kappa shape index (κ1) is 18.5. The van der Waals surface area contributed by atoms with Gasteiger partial charge in [-0.2, -0.15) is 0 Å². The van der Waals surface area contributed by atoms with Gasteiger partial charge in [0.25, 0.3) is 0 Å². The molecule has 0 aliphatic rings. The maximum atomic E-state index is 12.2. The molecule has 3 N–H and O–H groups in total. The van der Waals surface area contributed by atoms with E-state index in [1.807, 2.05) is 13.8 Å². The van der Waals surface area contributed by atoms with Crippen LogP contribution in [0.15, 0.2) is 51.7 Å². The molecule has 0 radical (unpaired) electrons. The van der Waals surface area contributed by atoms with Crippen molar-refractivity contribution < 1.29 is 19.7 Å². The fourth-order valence-electron chi connectivity index (χ4n) is 2.60. The number of hydrogen-bond donors (Lipinski definition) is 3. The second-order valence-corrected chi connectivity index (χ2v) is 5.90. The van der Waals surface area contributed by atoms with Crippen LogP contribution in [-0.2, 0) is 5.60 Å². The predicted octanol–water partition coefficient (Wildman–Crippen LogP) is 4.12. The number of aromatic hydroxyl groups is 2. The number of rotatable bonds is 2. The Morgan fingerprint density at radius 1 is 0.920 bits per heavy atom. The van der Waals surface area contributed by atoms with E-state index in [0.717, 1.165) is 0 Å². The summed E-state index contributed by atoms with van der Waals surface area (Å²) in [6, 6.07) is 11.2. The maximum absolute atomic E-state index is 12.2. The van der Waals surface area contributed by atoms with Crippen LogP contribution in [0.25, 0.3) is 21.9 Å². The van der Waals surface area contributed by atoms with Gasteiger partial charge in [-0.1, -0.05) is 38.1 Å². The molecule has 3 aromatic rings. The normalized spacial score (nSPS) is 11.1. The summed E-state index contributed by atoms with van der Waals surface area (Å²) < 4.78 is 5.36. The minimum atomic E-state index is -1.40. The lowest BCUT2D eigenvalue weighted by Crippen LogP contribution is -2.20. The molecule has 0 saturated carbocycles. The van der Waals surface area contributed by atoms with Gasteiger partial charge in [-0.25, -0.2) is 4.79 Å². The first-order chi connectivity index (χ1) is 11.8. The Bertz CT molecular complexity index is 948. The van der Waals surface area contributed by atoms with Crippen molar-refractivity contribution in [3.8, 4) is 22.6 Å². The largest absolute Gasteiger partial charge is 0.504 e. The fraction of sp³-hybridized carbons (Fsp3) is 0.250. The third kappa shape index (κ3) is 3.51. The van der Waals surface area contributed by atoms with Crippen molar-refractivity contribution in [3.63, 3.8) is 0 Å². The standard InChI is InChI=1S/C18H16O5.C2H6/c1-18(2,22)16-15(10-7-8-13(19)14(20)9-10)11-5-3-4-6-12(11)17(21)23-16;1-2/h3-9,19-20,22H,1-2H3;1-2H3. The fourth-order valence-corrected chi connectivity index (χ4v) is 2.60. The molecule has 5 heteroatoms. The van der Waals surface area contributed by atoms with Gasteiger partial charge in [-0.05, 0) is 37.6 Å². The Kier molecular flexibility index (Phi) is 5.18. The lowest BCUT2D eigenvalue weighted by Gasteiger charge is -2.21. The van der Waals surface area contributed by atoms with Crippen LogP contribution in [0.1, 0.15) is 33.5 Å². The van der Waals surface area contributed by atoms with Crippen LogP contribution in [0.5, 0.6) is 11.5 Å². The van der Waals surface area contributed by atoms with Gasteiger partial charge >= 0.3 is 5.63 Å². The quantitative estimate of drug-likeness (QED) is 0.609. The molecule has 0 atom stereocenters. The van der Waals surface area contributed by atoms with Crippen molar-refractivity contribution in [3.05, 3.63) is 58.6 Å². The van der Waals surface area contributed by atoms with E-state index in [2.05, 4.69) is 0 Å². The van der Waals surface area contributed by atoms with Crippen molar-refractivity contribution in [2.45, 2.75) is 33.3 Å². The zero-order chi connectivity index (χ0) is 18.8. The average molecular weight is 342 g/mol. The van der Waals surface area contributed by atoms with Crippen LogP contribution in [0.2, 0.25) is 0 Å². The van der Waals surface area contributed by atoms with E-state index in [0.29, 0.717) is 21.9 Å². The molecule has 1 aromatic heterocycles. The minimum Gasteiger partial charge on any atom is -0.504 e. The van der Waals surface area contributed by atoms with Gasteiger partial charge in [0.15, 0.2) is 11.5 Å². The van der Waals surface area contributed by atoms with Crippen molar-refractivity contribution in [2.24, 2.45) is 0 Å². The molecule has 0 aliphatic heterocycles. The molecule has 3 rings (SSSR count). The average Bonchev–Trinajstić information content (AvgIpc) is 2.58. The summed E-state index contributed by atoms with van der Waals surface area (Å²) in [5, 5.41) is 30.7. The smallest absolute Gasteiger partial charge is 0.343 e. The van der Waals surface area contributed by atoms with Crippen molar-refractivity contribution >= 4 is 10.8 Å². The third-order valence-electron chi connectivity index (χ3n) is 3.66. The maximum Gasteiger partial charge on any atom is 0.343 e. The van der Waals surface area contributed by atoms with Gasteiger partial charge in [0.05, 0.1) is 5.39 Å². The Morgan fingerprint density at radius 3 is 2.08 bits per heavy atom. The summed E-state index contributed by atoms with van der Waals surface area (Å²) in [4.78, 5) is 12.2. The number of phenols is 2. The third-order valence-corrected chi connectivity index (χ3v) is 3.66. The predicted molar refractivity (Wildman–Crippen MR) is 97.8 cm³/mol.